The van der Waals surface area contributed by atoms with Crippen molar-refractivity contribution < 1.29 is 18.0 Å². The molecule has 0 fully saturated rings. The van der Waals surface area contributed by atoms with Crippen molar-refractivity contribution in [3.8, 4) is 0 Å². The van der Waals surface area contributed by atoms with E-state index in [0.717, 1.165) is 9.87 Å². The summed E-state index contributed by atoms with van der Waals surface area (Å²) in [5, 5.41) is 4.40. The van der Waals surface area contributed by atoms with Gasteiger partial charge < -0.3 is 9.88 Å². The van der Waals surface area contributed by atoms with Gasteiger partial charge in [0.1, 0.15) is 0 Å². The van der Waals surface area contributed by atoms with Crippen LogP contribution in [0.1, 0.15) is 12.5 Å². The number of aromatic nitrogens is 1. The van der Waals surface area contributed by atoms with Gasteiger partial charge in [0.25, 0.3) is 5.91 Å². The molecule has 1 N–H and O–H groups in total. The van der Waals surface area contributed by atoms with E-state index >= 15 is 0 Å². The molecule has 3 rings (SSSR count). The van der Waals surface area contributed by atoms with Crippen LogP contribution in [0.3, 0.4) is 0 Å². The summed E-state index contributed by atoms with van der Waals surface area (Å²) in [6.07, 6.45) is 1.83. The zero-order valence-corrected chi connectivity index (χ0v) is 18.7. The van der Waals surface area contributed by atoms with Crippen LogP contribution in [0.2, 0.25) is 0 Å². The molecule has 0 aliphatic carbocycles. The number of anilines is 1. The van der Waals surface area contributed by atoms with Crippen LogP contribution in [0.25, 0.3) is 0 Å². The van der Waals surface area contributed by atoms with Crippen LogP contribution in [0.5, 0.6) is 0 Å². The van der Waals surface area contributed by atoms with E-state index in [0.29, 0.717) is 17.0 Å². The monoisotopic (exact) mass is 458 g/mol. The van der Waals surface area contributed by atoms with Gasteiger partial charge in [-0.15, -0.1) is 11.3 Å². The molecule has 162 valence electrons. The summed E-state index contributed by atoms with van der Waals surface area (Å²) in [6.45, 7) is 1.54. The number of nitrogens with one attached hydrogen (secondary N) is 1. The Hall–Kier alpha value is -3.08. The van der Waals surface area contributed by atoms with Crippen molar-refractivity contribution in [3.63, 3.8) is 0 Å². The first-order valence-electron chi connectivity index (χ1n) is 9.35. The third-order valence-electron chi connectivity index (χ3n) is 4.32. The first-order chi connectivity index (χ1) is 14.8. The normalized spacial score (nSPS) is 12.2. The molecule has 0 aliphatic rings. The van der Waals surface area contributed by atoms with Crippen LogP contribution in [0.4, 0.5) is 5.69 Å². The number of carbonyl (C=O) groups is 2. The molecular formula is C21H22N4O4S2. The maximum atomic E-state index is 12.8. The second kappa shape index (κ2) is 9.82. The smallest absolute Gasteiger partial charge is 0.263 e. The number of likely N-dealkylation sites (N-methyl/N-ethyl adjacent to an activating group) is 1. The number of nitrogens with zero attached hydrogens (tertiary/aromatic N) is 3. The third-order valence-corrected chi connectivity index (χ3v) is 6.93. The van der Waals surface area contributed by atoms with Gasteiger partial charge in [0.2, 0.25) is 15.9 Å². The van der Waals surface area contributed by atoms with Crippen LogP contribution < -0.4 is 10.1 Å². The largest absolute Gasteiger partial charge is 0.326 e. The Bertz CT molecular complexity index is 1230. The number of amides is 2. The number of hydrogen-bond donors (Lipinski definition) is 1. The second-order valence-corrected chi connectivity index (χ2v) is 9.69. The Morgan fingerprint density at radius 3 is 2.42 bits per heavy atom. The van der Waals surface area contributed by atoms with E-state index in [1.165, 1.54) is 49.6 Å². The van der Waals surface area contributed by atoms with Crippen LogP contribution in [-0.4, -0.2) is 42.7 Å². The van der Waals surface area contributed by atoms with E-state index in [1.54, 1.807) is 0 Å². The first-order valence-corrected chi connectivity index (χ1v) is 11.7. The molecule has 0 spiro atoms. The highest BCUT2D eigenvalue weighted by molar-refractivity contribution is 7.89. The molecule has 1 aromatic heterocycles. The van der Waals surface area contributed by atoms with Crippen molar-refractivity contribution in [2.75, 3.05) is 18.9 Å². The molecule has 2 amide bonds. The number of rotatable bonds is 7. The van der Waals surface area contributed by atoms with Crippen molar-refractivity contribution in [3.05, 3.63) is 76.5 Å². The molecule has 0 radical (unpaired) electrons. The van der Waals surface area contributed by atoms with Crippen LogP contribution in [0.15, 0.2) is 76.1 Å². The number of hydrogen-bond acceptors (Lipinski definition) is 5. The summed E-state index contributed by atoms with van der Waals surface area (Å²) in [7, 11) is -2.55. The van der Waals surface area contributed by atoms with Gasteiger partial charge in [-0.1, -0.05) is 30.3 Å². The summed E-state index contributed by atoms with van der Waals surface area (Å²) in [5.41, 5.74) is 1.55. The summed E-state index contributed by atoms with van der Waals surface area (Å²) in [6, 6.07) is 15.5. The van der Waals surface area contributed by atoms with Gasteiger partial charge in [-0.3, -0.25) is 9.59 Å². The number of benzene rings is 2. The SMILES string of the molecule is CC(=O)Nc1ccc(S(=O)(=O)N(C)CC(=O)N=c2sccn2Cc2ccccc2)cc1. The molecule has 10 heteroatoms. The summed E-state index contributed by atoms with van der Waals surface area (Å²) in [5.74, 6) is -0.816. The van der Waals surface area contributed by atoms with E-state index in [4.69, 9.17) is 0 Å². The Kier molecular flexibility index (Phi) is 7.16. The van der Waals surface area contributed by atoms with Crippen molar-refractivity contribution >= 4 is 38.9 Å². The van der Waals surface area contributed by atoms with Crippen molar-refractivity contribution in [2.45, 2.75) is 18.4 Å². The minimum Gasteiger partial charge on any atom is -0.326 e. The molecule has 0 unspecified atom stereocenters. The molecule has 8 nitrogen and oxygen atoms in total. The minimum absolute atomic E-state index is 0.0205. The molecule has 1 heterocycles. The number of sulfonamides is 1. The lowest BCUT2D eigenvalue weighted by molar-refractivity contribution is -0.118. The first kappa shape index (κ1) is 22.6. The van der Waals surface area contributed by atoms with Gasteiger partial charge in [-0.25, -0.2) is 8.42 Å². The van der Waals surface area contributed by atoms with Gasteiger partial charge in [0.05, 0.1) is 11.4 Å². The van der Waals surface area contributed by atoms with Crippen LogP contribution in [0, 0.1) is 0 Å². The molecule has 0 aliphatic heterocycles. The van der Waals surface area contributed by atoms with E-state index in [9.17, 15) is 18.0 Å². The van der Waals surface area contributed by atoms with E-state index < -0.39 is 15.9 Å². The Morgan fingerprint density at radius 1 is 1.10 bits per heavy atom. The summed E-state index contributed by atoms with van der Waals surface area (Å²) < 4.78 is 28.3. The molecule has 0 atom stereocenters. The van der Waals surface area contributed by atoms with E-state index in [2.05, 4.69) is 10.3 Å². The Morgan fingerprint density at radius 2 is 1.77 bits per heavy atom. The van der Waals surface area contributed by atoms with Crippen LogP contribution in [-0.2, 0) is 26.2 Å². The van der Waals surface area contributed by atoms with Crippen LogP contribution >= 0.6 is 11.3 Å². The van der Waals surface area contributed by atoms with E-state index in [-0.39, 0.29) is 17.3 Å². The highest BCUT2D eigenvalue weighted by atomic mass is 32.2. The Labute approximate surface area is 184 Å². The molecule has 2 aromatic carbocycles. The zero-order valence-electron chi connectivity index (χ0n) is 17.1. The average molecular weight is 459 g/mol. The lowest BCUT2D eigenvalue weighted by Gasteiger charge is -2.15. The summed E-state index contributed by atoms with van der Waals surface area (Å²) in [4.78, 5) is 28.2. The van der Waals surface area contributed by atoms with Gasteiger partial charge in [0, 0.05) is 37.8 Å². The lowest BCUT2D eigenvalue weighted by Crippen LogP contribution is -2.32. The average Bonchev–Trinajstić information content (AvgIpc) is 3.15. The van der Waals surface area contributed by atoms with Crippen molar-refractivity contribution in [1.29, 1.82) is 0 Å². The summed E-state index contributed by atoms with van der Waals surface area (Å²) >= 11 is 1.31. The predicted molar refractivity (Wildman–Crippen MR) is 119 cm³/mol. The number of thiazole rings is 1. The number of carbonyl (C=O) groups excluding carboxylic acids is 2. The second-order valence-electron chi connectivity index (χ2n) is 6.77. The maximum Gasteiger partial charge on any atom is 0.263 e. The molecule has 3 aromatic rings. The van der Waals surface area contributed by atoms with Crippen molar-refractivity contribution in [2.24, 2.45) is 4.99 Å². The molecule has 0 saturated carbocycles. The fourth-order valence-corrected chi connectivity index (χ4v) is 4.66. The maximum absolute atomic E-state index is 12.8. The molecule has 0 saturated heterocycles. The Balaban J connectivity index is 1.72. The van der Waals surface area contributed by atoms with Gasteiger partial charge in [-0.05, 0) is 29.8 Å². The fourth-order valence-electron chi connectivity index (χ4n) is 2.80. The quantitative estimate of drug-likeness (QED) is 0.587. The van der Waals surface area contributed by atoms with E-state index in [1.807, 2.05) is 46.5 Å². The molecule has 31 heavy (non-hydrogen) atoms. The predicted octanol–water partition coefficient (Wildman–Crippen LogP) is 2.30. The fraction of sp³-hybridized carbons (Fsp3) is 0.190. The van der Waals surface area contributed by atoms with Gasteiger partial charge >= 0.3 is 0 Å². The third kappa shape index (κ3) is 5.97. The van der Waals surface area contributed by atoms with Gasteiger partial charge in [-0.2, -0.15) is 9.30 Å². The standard InChI is InChI=1S/C21H22N4O4S2/c1-16(26)22-18-8-10-19(11-9-18)31(28,29)24(2)15-20(27)23-21-25(12-13-30-21)14-17-6-4-3-5-7-17/h3-13H,14-15H2,1-2H3,(H,22,26). The topological polar surface area (TPSA) is 101 Å². The zero-order chi connectivity index (χ0) is 22.4. The minimum atomic E-state index is -3.88. The highest BCUT2D eigenvalue weighted by Gasteiger charge is 2.23. The van der Waals surface area contributed by atoms with Gasteiger partial charge in [0.15, 0.2) is 4.80 Å². The molecular weight excluding hydrogens is 436 g/mol. The molecule has 0 bridgehead atoms. The highest BCUT2D eigenvalue weighted by Crippen LogP contribution is 2.17. The van der Waals surface area contributed by atoms with Crippen molar-refractivity contribution in [1.82, 2.24) is 8.87 Å². The lowest BCUT2D eigenvalue weighted by atomic mass is 10.2.